The number of hydrogen-bond acceptors (Lipinski definition) is 4. The largest absolute Gasteiger partial charge is 0.452 e. The Hall–Kier alpha value is -3.10. The number of rotatable bonds is 6. The Morgan fingerprint density at radius 2 is 2.00 bits per heavy atom. The number of nitriles is 1. The highest BCUT2D eigenvalue weighted by Crippen LogP contribution is 2.17. The van der Waals surface area contributed by atoms with Crippen LogP contribution in [0.15, 0.2) is 54.6 Å². The van der Waals surface area contributed by atoms with Gasteiger partial charge in [-0.1, -0.05) is 35.9 Å². The van der Waals surface area contributed by atoms with E-state index < -0.39 is 11.9 Å². The first kappa shape index (κ1) is 19.2. The summed E-state index contributed by atoms with van der Waals surface area (Å²) in [5, 5.41) is 12.1. The molecule has 132 valence electrons. The minimum Gasteiger partial charge on any atom is -0.452 e. The average molecular weight is 369 g/mol. The third kappa shape index (κ3) is 6.08. The molecule has 1 amide bonds. The van der Waals surface area contributed by atoms with E-state index in [1.54, 1.807) is 48.5 Å². The Kier molecular flexibility index (Phi) is 6.95. The zero-order valence-corrected chi connectivity index (χ0v) is 14.9. The van der Waals surface area contributed by atoms with Gasteiger partial charge in [0.25, 0.3) is 5.91 Å². The molecule has 1 atom stereocenters. The number of nitrogens with zero attached hydrogens (tertiary/aromatic N) is 1. The molecular formula is C20H17ClN2O3. The van der Waals surface area contributed by atoms with Gasteiger partial charge in [0, 0.05) is 11.1 Å². The van der Waals surface area contributed by atoms with Crippen molar-refractivity contribution in [3.63, 3.8) is 0 Å². The third-order valence-electron chi connectivity index (χ3n) is 3.52. The first-order chi connectivity index (χ1) is 12.5. The molecule has 2 rings (SSSR count). The van der Waals surface area contributed by atoms with Gasteiger partial charge in [0.05, 0.1) is 17.7 Å². The summed E-state index contributed by atoms with van der Waals surface area (Å²) in [5.74, 6) is -1.03. The smallest absolute Gasteiger partial charge is 0.331 e. The number of carbonyl (C=O) groups excluding carboxylic acids is 2. The van der Waals surface area contributed by atoms with Crippen molar-refractivity contribution in [2.75, 3.05) is 6.61 Å². The average Bonchev–Trinajstić information content (AvgIpc) is 2.65. The monoisotopic (exact) mass is 368 g/mol. The summed E-state index contributed by atoms with van der Waals surface area (Å²) in [6, 6.07) is 15.6. The molecule has 2 aromatic carbocycles. The molecule has 5 nitrogen and oxygen atoms in total. The van der Waals surface area contributed by atoms with Gasteiger partial charge in [-0.3, -0.25) is 4.79 Å². The number of halogens is 1. The summed E-state index contributed by atoms with van der Waals surface area (Å²) in [6.45, 7) is 1.44. The zero-order valence-electron chi connectivity index (χ0n) is 14.1. The summed E-state index contributed by atoms with van der Waals surface area (Å²) < 4.78 is 4.91. The van der Waals surface area contributed by atoms with Crippen molar-refractivity contribution in [1.29, 1.82) is 5.26 Å². The maximum absolute atomic E-state index is 11.9. The maximum atomic E-state index is 11.9. The molecule has 0 aliphatic heterocycles. The fourth-order valence-corrected chi connectivity index (χ4v) is 2.36. The minimum absolute atomic E-state index is 0.255. The zero-order chi connectivity index (χ0) is 18.9. The molecule has 0 heterocycles. The van der Waals surface area contributed by atoms with Crippen LogP contribution in [0.25, 0.3) is 6.08 Å². The van der Waals surface area contributed by atoms with E-state index in [0.717, 1.165) is 11.1 Å². The highest BCUT2D eigenvalue weighted by atomic mass is 35.5. The van der Waals surface area contributed by atoms with Crippen LogP contribution < -0.4 is 5.32 Å². The van der Waals surface area contributed by atoms with E-state index in [2.05, 4.69) is 5.32 Å². The van der Waals surface area contributed by atoms with Gasteiger partial charge >= 0.3 is 5.97 Å². The van der Waals surface area contributed by atoms with E-state index in [1.165, 1.54) is 6.08 Å². The molecule has 26 heavy (non-hydrogen) atoms. The quantitative estimate of drug-likeness (QED) is 0.623. The molecule has 0 saturated heterocycles. The number of ether oxygens (including phenoxy) is 1. The van der Waals surface area contributed by atoms with E-state index in [9.17, 15) is 9.59 Å². The normalized spacial score (nSPS) is 11.6. The van der Waals surface area contributed by atoms with Gasteiger partial charge in [-0.05, 0) is 48.4 Å². The molecule has 6 heteroatoms. The second kappa shape index (κ2) is 9.40. The molecule has 0 fully saturated rings. The lowest BCUT2D eigenvalue weighted by Crippen LogP contribution is -2.30. The second-order valence-electron chi connectivity index (χ2n) is 5.52. The number of hydrogen-bond donors (Lipinski definition) is 1. The topological polar surface area (TPSA) is 79.2 Å². The van der Waals surface area contributed by atoms with Crippen molar-refractivity contribution >= 4 is 29.6 Å². The summed E-state index contributed by atoms with van der Waals surface area (Å²) in [6.07, 6.45) is 2.78. The summed E-state index contributed by atoms with van der Waals surface area (Å²) >= 11 is 5.92. The molecule has 0 bridgehead atoms. The van der Waals surface area contributed by atoms with Gasteiger partial charge in [-0.15, -0.1) is 0 Å². The number of benzene rings is 2. The van der Waals surface area contributed by atoms with Crippen LogP contribution in [0.2, 0.25) is 5.02 Å². The molecule has 0 spiro atoms. The van der Waals surface area contributed by atoms with Gasteiger partial charge in [0.1, 0.15) is 0 Å². The first-order valence-electron chi connectivity index (χ1n) is 7.88. The van der Waals surface area contributed by atoms with Crippen molar-refractivity contribution in [2.45, 2.75) is 13.0 Å². The molecule has 1 N–H and O–H groups in total. The second-order valence-corrected chi connectivity index (χ2v) is 5.96. The number of amides is 1. The SMILES string of the molecule is C[C@H](NC(=O)COC(=O)/C=C/c1ccc(C#N)cc1)c1cccc(Cl)c1. The summed E-state index contributed by atoms with van der Waals surface area (Å²) in [5.41, 5.74) is 2.15. The lowest BCUT2D eigenvalue weighted by molar-refractivity contribution is -0.144. The Bertz CT molecular complexity index is 854. The van der Waals surface area contributed by atoms with Crippen molar-refractivity contribution in [3.8, 4) is 6.07 Å². The maximum Gasteiger partial charge on any atom is 0.331 e. The van der Waals surface area contributed by atoms with Crippen molar-refractivity contribution in [3.05, 3.63) is 76.3 Å². The van der Waals surface area contributed by atoms with Crippen LogP contribution in [0.3, 0.4) is 0 Å². The Morgan fingerprint density at radius 1 is 1.27 bits per heavy atom. The predicted molar refractivity (Wildman–Crippen MR) is 99.2 cm³/mol. The van der Waals surface area contributed by atoms with Gasteiger partial charge in [0.2, 0.25) is 0 Å². The van der Waals surface area contributed by atoms with Gasteiger partial charge < -0.3 is 10.1 Å². The standard InChI is InChI=1S/C20H17ClN2O3/c1-14(17-3-2-4-18(21)11-17)23-19(24)13-26-20(25)10-9-15-5-7-16(12-22)8-6-15/h2-11,14H,13H2,1H3,(H,23,24)/b10-9+/t14-/m0/s1. The van der Waals surface area contributed by atoms with Crippen LogP contribution >= 0.6 is 11.6 Å². The third-order valence-corrected chi connectivity index (χ3v) is 3.76. The van der Waals surface area contributed by atoms with Crippen LogP contribution in [0.1, 0.15) is 29.7 Å². The van der Waals surface area contributed by atoms with Gasteiger partial charge in [-0.2, -0.15) is 5.26 Å². The Labute approximate surface area is 156 Å². The summed E-state index contributed by atoms with van der Waals surface area (Å²) in [4.78, 5) is 23.6. The molecule has 0 unspecified atom stereocenters. The van der Waals surface area contributed by atoms with E-state index in [1.807, 2.05) is 19.1 Å². The van der Waals surface area contributed by atoms with Crippen LogP contribution in [0.5, 0.6) is 0 Å². The van der Waals surface area contributed by atoms with Crippen LogP contribution in [-0.2, 0) is 14.3 Å². The fourth-order valence-electron chi connectivity index (χ4n) is 2.16. The lowest BCUT2D eigenvalue weighted by Gasteiger charge is -2.14. The van der Waals surface area contributed by atoms with E-state index in [0.29, 0.717) is 10.6 Å². The van der Waals surface area contributed by atoms with Gasteiger partial charge in [-0.25, -0.2) is 4.79 Å². The molecule has 0 saturated carbocycles. The van der Waals surface area contributed by atoms with Crippen molar-refractivity contribution in [1.82, 2.24) is 5.32 Å². The van der Waals surface area contributed by atoms with Crippen LogP contribution in [0, 0.1) is 11.3 Å². The molecule has 2 aromatic rings. The molecular weight excluding hydrogens is 352 g/mol. The lowest BCUT2D eigenvalue weighted by atomic mass is 10.1. The van der Waals surface area contributed by atoms with E-state index in [4.69, 9.17) is 21.6 Å². The van der Waals surface area contributed by atoms with E-state index >= 15 is 0 Å². The summed E-state index contributed by atoms with van der Waals surface area (Å²) in [7, 11) is 0. The Balaban J connectivity index is 1.79. The number of carbonyl (C=O) groups is 2. The van der Waals surface area contributed by atoms with Crippen LogP contribution in [-0.4, -0.2) is 18.5 Å². The van der Waals surface area contributed by atoms with Crippen molar-refractivity contribution < 1.29 is 14.3 Å². The molecule has 0 aromatic heterocycles. The first-order valence-corrected chi connectivity index (χ1v) is 8.25. The number of esters is 1. The molecule has 0 aliphatic rings. The molecule has 0 aliphatic carbocycles. The Morgan fingerprint density at radius 3 is 2.65 bits per heavy atom. The van der Waals surface area contributed by atoms with Crippen molar-refractivity contribution in [2.24, 2.45) is 0 Å². The highest BCUT2D eigenvalue weighted by molar-refractivity contribution is 6.30. The number of nitrogens with one attached hydrogen (secondary N) is 1. The highest BCUT2D eigenvalue weighted by Gasteiger charge is 2.11. The van der Waals surface area contributed by atoms with Gasteiger partial charge in [0.15, 0.2) is 6.61 Å². The predicted octanol–water partition coefficient (Wildman–Crippen LogP) is 3.65. The van der Waals surface area contributed by atoms with Crippen LogP contribution in [0.4, 0.5) is 0 Å². The fraction of sp³-hybridized carbons (Fsp3) is 0.150. The minimum atomic E-state index is -0.625. The van der Waals surface area contributed by atoms with E-state index in [-0.39, 0.29) is 12.6 Å². The molecule has 0 radical (unpaired) electrons.